The largest absolute Gasteiger partial charge is 0.391 e. The van der Waals surface area contributed by atoms with Gasteiger partial charge in [-0.1, -0.05) is 0 Å². The normalized spacial score (nSPS) is 15.1. The van der Waals surface area contributed by atoms with E-state index in [9.17, 15) is 28.3 Å². The number of benzene rings is 1. The first-order chi connectivity index (χ1) is 14.1. The van der Waals surface area contributed by atoms with E-state index in [1.165, 1.54) is 19.1 Å². The van der Waals surface area contributed by atoms with Gasteiger partial charge < -0.3 is 20.7 Å². The Labute approximate surface area is 171 Å². The summed E-state index contributed by atoms with van der Waals surface area (Å²) in [7, 11) is 0. The van der Waals surface area contributed by atoms with Crippen LogP contribution in [-0.2, 0) is 9.59 Å². The van der Waals surface area contributed by atoms with Gasteiger partial charge in [-0.15, -0.1) is 0 Å². The van der Waals surface area contributed by atoms with Crippen LogP contribution < -0.4 is 10.6 Å². The van der Waals surface area contributed by atoms with E-state index in [1.807, 2.05) is 0 Å². The minimum absolute atomic E-state index is 0.0600. The fourth-order valence-corrected chi connectivity index (χ4v) is 3.47. The molecule has 1 atom stereocenters. The molecule has 1 aromatic carbocycles. The van der Waals surface area contributed by atoms with Crippen LogP contribution in [0.4, 0.5) is 14.5 Å². The summed E-state index contributed by atoms with van der Waals surface area (Å²) in [5.41, 5.74) is 1.63. The van der Waals surface area contributed by atoms with Gasteiger partial charge in [0.15, 0.2) is 11.6 Å². The second-order valence-corrected chi connectivity index (χ2v) is 7.23. The fraction of sp³-hybridized carbons (Fsp3) is 0.286. The number of aliphatic hydroxyl groups is 1. The van der Waals surface area contributed by atoms with Crippen molar-refractivity contribution in [1.29, 1.82) is 0 Å². The van der Waals surface area contributed by atoms with Crippen LogP contribution >= 0.6 is 0 Å². The number of amides is 2. The predicted molar refractivity (Wildman–Crippen MR) is 107 cm³/mol. The molecule has 4 N–H and O–H groups in total. The van der Waals surface area contributed by atoms with Gasteiger partial charge in [0.1, 0.15) is 5.78 Å². The smallest absolute Gasteiger partial charge is 0.256 e. The molecule has 3 rings (SSSR count). The van der Waals surface area contributed by atoms with Gasteiger partial charge in [0.05, 0.1) is 22.9 Å². The number of H-pyrrole nitrogens is 1. The molecule has 30 heavy (non-hydrogen) atoms. The number of aromatic nitrogens is 1. The maximum Gasteiger partial charge on any atom is 0.256 e. The van der Waals surface area contributed by atoms with Crippen LogP contribution in [0.2, 0.25) is 0 Å². The number of aromatic amines is 1. The van der Waals surface area contributed by atoms with Crippen molar-refractivity contribution in [2.45, 2.75) is 33.3 Å². The molecule has 1 aliphatic rings. The molecule has 9 heteroatoms. The molecule has 0 radical (unpaired) electrons. The number of fused-ring (bicyclic) bond motifs is 1. The van der Waals surface area contributed by atoms with Gasteiger partial charge in [-0.2, -0.15) is 0 Å². The number of nitrogens with one attached hydrogen (secondary N) is 3. The number of anilines is 1. The molecule has 0 spiro atoms. The highest BCUT2D eigenvalue weighted by molar-refractivity contribution is 6.35. The Kier molecular flexibility index (Phi) is 5.84. The number of carbonyl (C=O) groups excluding carboxylic acids is 3. The molecular formula is C21H21F2N3O4. The molecule has 0 bridgehead atoms. The summed E-state index contributed by atoms with van der Waals surface area (Å²) in [5.74, 6) is -3.45. The Hall–Kier alpha value is -3.33. The predicted octanol–water partition coefficient (Wildman–Crippen LogP) is 2.47. The molecule has 1 aliphatic heterocycles. The lowest BCUT2D eigenvalue weighted by atomic mass is 10.0. The average molecular weight is 417 g/mol. The van der Waals surface area contributed by atoms with E-state index in [2.05, 4.69) is 15.6 Å². The van der Waals surface area contributed by atoms with Crippen molar-refractivity contribution in [3.05, 3.63) is 51.8 Å². The lowest BCUT2D eigenvalue weighted by Gasteiger charge is -2.10. The van der Waals surface area contributed by atoms with Gasteiger partial charge in [0, 0.05) is 29.9 Å². The Morgan fingerprint density at radius 3 is 2.63 bits per heavy atom. The summed E-state index contributed by atoms with van der Waals surface area (Å²) in [4.78, 5) is 38.8. The van der Waals surface area contributed by atoms with Crippen LogP contribution in [-0.4, -0.2) is 40.3 Å². The number of Topliss-reactive ketones (excluding diaryl/α,β-unsaturated/α-hetero) is 1. The Morgan fingerprint density at radius 2 is 1.97 bits per heavy atom. The maximum atomic E-state index is 14.3. The van der Waals surface area contributed by atoms with E-state index >= 15 is 0 Å². The number of halogens is 2. The van der Waals surface area contributed by atoms with Crippen molar-refractivity contribution in [2.24, 2.45) is 0 Å². The number of aliphatic hydroxyl groups excluding tert-OH is 1. The molecule has 7 nitrogen and oxygen atoms in total. The van der Waals surface area contributed by atoms with E-state index < -0.39 is 29.6 Å². The third-order valence-corrected chi connectivity index (χ3v) is 4.87. The van der Waals surface area contributed by atoms with E-state index in [4.69, 9.17) is 0 Å². The average Bonchev–Trinajstić information content (AvgIpc) is 3.12. The minimum atomic E-state index is -1.13. The third-order valence-electron chi connectivity index (χ3n) is 4.87. The molecule has 1 unspecified atom stereocenters. The van der Waals surface area contributed by atoms with Gasteiger partial charge in [-0.05, 0) is 44.5 Å². The summed E-state index contributed by atoms with van der Waals surface area (Å²) in [6, 6.07) is 2.22. The van der Waals surface area contributed by atoms with Gasteiger partial charge in [-0.3, -0.25) is 14.4 Å². The summed E-state index contributed by atoms with van der Waals surface area (Å²) in [6.45, 7) is 4.54. The first-order valence-electron chi connectivity index (χ1n) is 9.26. The Balaban J connectivity index is 1.90. The van der Waals surface area contributed by atoms with Crippen LogP contribution in [0.1, 0.15) is 46.2 Å². The topological polar surface area (TPSA) is 111 Å². The van der Waals surface area contributed by atoms with Crippen LogP contribution in [0, 0.1) is 25.5 Å². The lowest BCUT2D eigenvalue weighted by molar-refractivity contribution is -0.118. The molecular weight excluding hydrogens is 396 g/mol. The van der Waals surface area contributed by atoms with Crippen LogP contribution in [0.5, 0.6) is 0 Å². The molecule has 0 saturated carbocycles. The summed E-state index contributed by atoms with van der Waals surface area (Å²) < 4.78 is 27.9. The quantitative estimate of drug-likeness (QED) is 0.541. The van der Waals surface area contributed by atoms with Crippen molar-refractivity contribution in [2.75, 3.05) is 11.9 Å². The molecule has 1 aromatic heterocycles. The number of hydrogen-bond donors (Lipinski definition) is 4. The van der Waals surface area contributed by atoms with Crippen LogP contribution in [0.25, 0.3) is 11.6 Å². The molecule has 0 aliphatic carbocycles. The molecule has 2 amide bonds. The Morgan fingerprint density at radius 1 is 1.27 bits per heavy atom. The molecule has 0 saturated heterocycles. The van der Waals surface area contributed by atoms with Crippen molar-refractivity contribution in [3.63, 3.8) is 0 Å². The fourth-order valence-electron chi connectivity index (χ4n) is 3.47. The zero-order chi connectivity index (χ0) is 22.2. The number of carbonyl (C=O) groups is 3. The summed E-state index contributed by atoms with van der Waals surface area (Å²) >= 11 is 0. The van der Waals surface area contributed by atoms with Crippen molar-refractivity contribution < 1.29 is 28.3 Å². The van der Waals surface area contributed by atoms with Gasteiger partial charge >= 0.3 is 0 Å². The lowest BCUT2D eigenvalue weighted by Crippen LogP contribution is -2.33. The van der Waals surface area contributed by atoms with Gasteiger partial charge in [-0.25, -0.2) is 8.78 Å². The van der Waals surface area contributed by atoms with E-state index in [-0.39, 0.29) is 35.6 Å². The number of hydrogen-bond acceptors (Lipinski definition) is 4. The summed E-state index contributed by atoms with van der Waals surface area (Å²) in [6.07, 6.45) is 0.302. The number of ketones is 1. The van der Waals surface area contributed by atoms with E-state index in [1.54, 1.807) is 13.8 Å². The highest BCUT2D eigenvalue weighted by Crippen LogP contribution is 2.36. The second-order valence-electron chi connectivity index (χ2n) is 7.23. The standard InChI is InChI=1S/C21H21F2N3O4/c1-9(27)6-12(28)8-24-21(30)17-10(2)16(25-11(17)3)7-13-18-15(26-20(13)29)5-4-14(22)19(18)23/h4-5,7,12,25,28H,6,8H2,1-3H3,(H,24,30)(H,26,29)/b13-7-. The molecule has 0 fully saturated rings. The van der Waals surface area contributed by atoms with E-state index in [0.29, 0.717) is 22.5 Å². The molecule has 2 aromatic rings. The first kappa shape index (κ1) is 21.4. The van der Waals surface area contributed by atoms with E-state index in [0.717, 1.165) is 6.07 Å². The van der Waals surface area contributed by atoms with Crippen LogP contribution in [0.3, 0.4) is 0 Å². The summed E-state index contributed by atoms with van der Waals surface area (Å²) in [5, 5.41) is 14.8. The first-order valence-corrected chi connectivity index (χ1v) is 9.26. The Bertz CT molecular complexity index is 1090. The number of rotatable bonds is 6. The number of aryl methyl sites for hydroxylation is 1. The SMILES string of the molecule is CC(=O)CC(O)CNC(=O)c1c(C)[nH]c(/C=C2\C(=O)Nc3ccc(F)c(F)c32)c1C. The minimum Gasteiger partial charge on any atom is -0.391 e. The van der Waals surface area contributed by atoms with Gasteiger partial charge in [0.2, 0.25) is 0 Å². The van der Waals surface area contributed by atoms with Crippen molar-refractivity contribution in [1.82, 2.24) is 10.3 Å². The van der Waals surface area contributed by atoms with Crippen LogP contribution in [0.15, 0.2) is 12.1 Å². The monoisotopic (exact) mass is 417 g/mol. The zero-order valence-electron chi connectivity index (χ0n) is 16.7. The highest BCUT2D eigenvalue weighted by atomic mass is 19.2. The van der Waals surface area contributed by atoms with Crippen molar-refractivity contribution in [3.8, 4) is 0 Å². The highest BCUT2D eigenvalue weighted by Gasteiger charge is 2.30. The van der Waals surface area contributed by atoms with Crippen molar-refractivity contribution >= 4 is 34.9 Å². The maximum absolute atomic E-state index is 14.3. The third kappa shape index (κ3) is 4.02. The zero-order valence-corrected chi connectivity index (χ0v) is 16.7. The molecule has 2 heterocycles. The molecule has 158 valence electrons. The van der Waals surface area contributed by atoms with Gasteiger partial charge in [0.25, 0.3) is 11.8 Å². The second kappa shape index (κ2) is 8.19.